The van der Waals surface area contributed by atoms with Crippen molar-refractivity contribution in [1.29, 1.82) is 0 Å². The van der Waals surface area contributed by atoms with Gasteiger partial charge >= 0.3 is 0 Å². The Labute approximate surface area is 330 Å². The van der Waals surface area contributed by atoms with Crippen molar-refractivity contribution in [2.45, 2.75) is 51.9 Å². The van der Waals surface area contributed by atoms with E-state index in [0.717, 1.165) is 48.6 Å². The van der Waals surface area contributed by atoms with Gasteiger partial charge in [0.2, 0.25) is 11.9 Å². The van der Waals surface area contributed by atoms with Crippen LogP contribution >= 0.6 is 11.6 Å². The highest BCUT2D eigenvalue weighted by Crippen LogP contribution is 2.33. The first-order chi connectivity index (χ1) is 27.3. The monoisotopic (exact) mass is 786 g/mol. The number of pyridine rings is 2. The van der Waals surface area contributed by atoms with Crippen LogP contribution in [0.3, 0.4) is 0 Å². The van der Waals surface area contributed by atoms with Crippen molar-refractivity contribution in [1.82, 2.24) is 29.9 Å². The summed E-state index contributed by atoms with van der Waals surface area (Å²) in [6.45, 7) is 16.9. The molecular formula is C39H47ClN10O6. The molecule has 17 heteroatoms. The Morgan fingerprint density at radius 3 is 1.54 bits per heavy atom. The van der Waals surface area contributed by atoms with Gasteiger partial charge in [0.05, 0.1) is 99.8 Å². The molecule has 0 saturated carbocycles. The van der Waals surface area contributed by atoms with Crippen LogP contribution in [0.2, 0.25) is 5.15 Å². The number of hydrogen-bond donors (Lipinski definition) is 0. The Bertz CT molecular complexity index is 2170. The van der Waals surface area contributed by atoms with Crippen LogP contribution in [-0.2, 0) is 18.9 Å². The minimum absolute atomic E-state index is 0.167. The second-order valence-electron chi connectivity index (χ2n) is 14.6. The molecule has 4 atom stereocenters. The summed E-state index contributed by atoms with van der Waals surface area (Å²) in [6, 6.07) is 10.2. The fourth-order valence-electron chi connectivity index (χ4n) is 7.54. The molecule has 0 unspecified atom stereocenters. The molecule has 0 N–H and O–H groups in total. The first kappa shape index (κ1) is 38.1. The molecule has 4 saturated heterocycles. The summed E-state index contributed by atoms with van der Waals surface area (Å²) in [7, 11) is 0. The normalized spacial score (nSPS) is 23.3. The van der Waals surface area contributed by atoms with Gasteiger partial charge in [-0.1, -0.05) is 11.6 Å². The lowest BCUT2D eigenvalue weighted by Gasteiger charge is -2.37. The van der Waals surface area contributed by atoms with Crippen molar-refractivity contribution in [2.24, 2.45) is 0 Å². The summed E-state index contributed by atoms with van der Waals surface area (Å²) >= 11 is 6.11. The summed E-state index contributed by atoms with van der Waals surface area (Å²) in [5.41, 5.74) is 2.51. The van der Waals surface area contributed by atoms with E-state index in [-0.39, 0.29) is 29.9 Å². The number of hydrogen-bond acceptors (Lipinski definition) is 16. The summed E-state index contributed by atoms with van der Waals surface area (Å²) in [6.07, 6.45) is 2.19. The fourth-order valence-corrected chi connectivity index (χ4v) is 7.69. The van der Waals surface area contributed by atoms with Crippen molar-refractivity contribution in [3.8, 4) is 11.3 Å². The molecule has 0 bridgehead atoms. The third-order valence-electron chi connectivity index (χ3n) is 10.6. The number of anilines is 4. The zero-order chi connectivity index (χ0) is 38.8. The van der Waals surface area contributed by atoms with Gasteiger partial charge in [-0.05, 0) is 58.0 Å². The number of ether oxygens (including phenoxy) is 4. The van der Waals surface area contributed by atoms with E-state index in [1.165, 1.54) is 6.26 Å². The van der Waals surface area contributed by atoms with Crippen LogP contribution in [0.25, 0.3) is 33.3 Å². The molecule has 5 aromatic rings. The van der Waals surface area contributed by atoms with Gasteiger partial charge in [-0.2, -0.15) is 19.9 Å². The average molecular weight is 787 g/mol. The Morgan fingerprint density at radius 2 is 1.05 bits per heavy atom. The van der Waals surface area contributed by atoms with Gasteiger partial charge in [-0.3, -0.25) is 4.79 Å². The van der Waals surface area contributed by atoms with Crippen molar-refractivity contribution in [3.05, 3.63) is 47.5 Å². The second-order valence-corrected chi connectivity index (χ2v) is 14.9. The topological polar surface area (TPSA) is 157 Å². The number of carbonyl (C=O) groups is 1. The average Bonchev–Trinajstić information content (AvgIpc) is 3.70. The van der Waals surface area contributed by atoms with E-state index in [0.29, 0.717) is 98.7 Å². The van der Waals surface area contributed by atoms with Gasteiger partial charge in [0.25, 0.3) is 0 Å². The molecule has 9 heterocycles. The number of aromatic nitrogens is 6. The zero-order valence-electron chi connectivity index (χ0n) is 32.1. The lowest BCUT2D eigenvalue weighted by molar-refractivity contribution is 0.0972. The molecule has 5 aromatic heterocycles. The highest BCUT2D eigenvalue weighted by atomic mass is 35.5. The lowest BCUT2D eigenvalue weighted by atomic mass is 10.1. The number of carbonyl (C=O) groups excluding carboxylic acids is 1. The molecule has 4 fully saturated rings. The van der Waals surface area contributed by atoms with Crippen molar-refractivity contribution in [2.75, 3.05) is 98.6 Å². The molecular weight excluding hydrogens is 740 g/mol. The molecule has 0 spiro atoms. The van der Waals surface area contributed by atoms with Gasteiger partial charge < -0.3 is 43.0 Å². The third-order valence-corrected chi connectivity index (χ3v) is 10.8. The van der Waals surface area contributed by atoms with Gasteiger partial charge in [-0.15, -0.1) is 0 Å². The number of morpholine rings is 4. The quantitative estimate of drug-likeness (QED) is 0.173. The van der Waals surface area contributed by atoms with E-state index < -0.39 is 0 Å². The summed E-state index contributed by atoms with van der Waals surface area (Å²) in [5.74, 6) is 3.34. The van der Waals surface area contributed by atoms with Crippen molar-refractivity contribution < 1.29 is 28.2 Å². The molecule has 4 aliphatic heterocycles. The van der Waals surface area contributed by atoms with E-state index in [4.69, 9.17) is 59.9 Å². The van der Waals surface area contributed by atoms with Gasteiger partial charge in [0, 0.05) is 31.7 Å². The molecule has 0 aromatic carbocycles. The summed E-state index contributed by atoms with van der Waals surface area (Å²) < 4.78 is 27.6. The molecule has 9 rings (SSSR count). The third kappa shape index (κ3) is 7.80. The van der Waals surface area contributed by atoms with Gasteiger partial charge in [0.1, 0.15) is 16.8 Å². The highest BCUT2D eigenvalue weighted by Gasteiger charge is 2.29. The molecule has 4 aliphatic rings. The maximum Gasteiger partial charge on any atom is 0.229 e. The van der Waals surface area contributed by atoms with Crippen LogP contribution in [0.1, 0.15) is 38.2 Å². The first-order valence-corrected chi connectivity index (χ1v) is 19.6. The predicted molar refractivity (Wildman–Crippen MR) is 213 cm³/mol. The maximum atomic E-state index is 11.3. The smallest absolute Gasteiger partial charge is 0.229 e. The summed E-state index contributed by atoms with van der Waals surface area (Å²) in [5, 5.41) is 2.23. The number of nitrogens with zero attached hydrogens (tertiary/aromatic N) is 10. The number of aldehydes is 1. The number of furan rings is 1. The van der Waals surface area contributed by atoms with E-state index in [1.807, 2.05) is 18.2 Å². The van der Waals surface area contributed by atoms with Crippen molar-refractivity contribution >= 4 is 63.5 Å². The molecule has 296 valence electrons. The second kappa shape index (κ2) is 16.8. The number of rotatable bonds is 6. The van der Waals surface area contributed by atoms with Crippen LogP contribution in [0, 0.1) is 0 Å². The van der Waals surface area contributed by atoms with Crippen LogP contribution in [0.4, 0.5) is 23.5 Å². The zero-order valence-corrected chi connectivity index (χ0v) is 32.9. The number of fused-ring (bicyclic) bond motifs is 2. The Kier molecular flexibility index (Phi) is 11.4. The highest BCUT2D eigenvalue weighted by molar-refractivity contribution is 6.29. The fraction of sp³-hybridized carbons (Fsp3) is 0.513. The van der Waals surface area contributed by atoms with Gasteiger partial charge in [0.15, 0.2) is 23.3 Å². The molecule has 16 nitrogen and oxygen atoms in total. The molecule has 0 aliphatic carbocycles. The Hall–Kier alpha value is -4.74. The van der Waals surface area contributed by atoms with Crippen LogP contribution in [0.15, 0.2) is 41.0 Å². The summed E-state index contributed by atoms with van der Waals surface area (Å²) in [4.78, 5) is 48.9. The molecule has 56 heavy (non-hydrogen) atoms. The largest absolute Gasteiger partial charge is 0.461 e. The van der Waals surface area contributed by atoms with Gasteiger partial charge in [-0.25, -0.2) is 9.97 Å². The lowest BCUT2D eigenvalue weighted by Crippen LogP contribution is -2.46. The standard InChI is InChI=1S/C22H25N5O4.C17H22ClN5O2/c1-14-12-29-9-6-26(14)21-17-3-4-18(16-5-8-31-19(16)11-28)23-20(17)24-22(25-21)27-7-10-30-13-15(27)2;1-11-9-24-7-5-22(11)16-13-3-4-14(18)19-15(13)20-17(21-16)23-6-8-25-10-12(23)2/h3-5,8,11,14-15H,6-7,9-10,12-13H2,1-2H3;3-4,11-12H,5-10H2,1-2H3/t14-,15-;11-,12-/m00/s1. The van der Waals surface area contributed by atoms with E-state index in [9.17, 15) is 4.79 Å². The SMILES string of the molecule is C[C@H]1COCCN1c1nc(N2CCOC[C@@H]2C)c2ccc(-c3ccoc3C=O)nc2n1.C[C@H]1COCCN1c1nc(N2CCOC[C@@H]2C)c2ccc(Cl)nc2n1. The van der Waals surface area contributed by atoms with E-state index >= 15 is 0 Å². The molecule has 0 radical (unpaired) electrons. The van der Waals surface area contributed by atoms with Crippen LogP contribution in [0.5, 0.6) is 0 Å². The Morgan fingerprint density at radius 1 is 0.589 bits per heavy atom. The Balaban J connectivity index is 0.000000161. The van der Waals surface area contributed by atoms with E-state index in [2.05, 4.69) is 52.3 Å². The minimum atomic E-state index is 0.167. The van der Waals surface area contributed by atoms with E-state index in [1.54, 1.807) is 12.1 Å². The van der Waals surface area contributed by atoms with Crippen LogP contribution < -0.4 is 19.6 Å². The van der Waals surface area contributed by atoms with Crippen molar-refractivity contribution in [3.63, 3.8) is 0 Å². The van der Waals surface area contributed by atoms with Crippen LogP contribution in [-0.4, -0.2) is 139 Å². The predicted octanol–water partition coefficient (Wildman–Crippen LogP) is 4.68. The first-order valence-electron chi connectivity index (χ1n) is 19.2. The minimum Gasteiger partial charge on any atom is -0.461 e. The maximum absolute atomic E-state index is 11.3. The number of halogens is 1. The molecule has 0 amide bonds.